The summed E-state index contributed by atoms with van der Waals surface area (Å²) in [6.45, 7) is 3.63. The van der Waals surface area contributed by atoms with Crippen LogP contribution in [-0.2, 0) is 25.5 Å². The lowest BCUT2D eigenvalue weighted by Crippen LogP contribution is -2.30. The number of hydrogen-bond donors (Lipinski definition) is 0. The number of esters is 2. The van der Waals surface area contributed by atoms with E-state index in [-0.39, 0.29) is 24.1 Å². The molecule has 0 amide bonds. The van der Waals surface area contributed by atoms with Crippen LogP contribution in [0.2, 0.25) is 0 Å². The third-order valence-corrected chi connectivity index (χ3v) is 3.49. The molecule has 0 saturated heterocycles. The molecule has 0 radical (unpaired) electrons. The third kappa shape index (κ3) is 4.30. The Morgan fingerprint density at radius 2 is 1.75 bits per heavy atom. The van der Waals surface area contributed by atoms with Gasteiger partial charge in [0, 0.05) is 0 Å². The second-order valence-corrected chi connectivity index (χ2v) is 4.77. The van der Waals surface area contributed by atoms with E-state index in [1.165, 1.54) is 12.1 Å². The maximum atomic E-state index is 13.4. The van der Waals surface area contributed by atoms with E-state index in [0.717, 1.165) is 0 Å². The van der Waals surface area contributed by atoms with Crippen molar-refractivity contribution in [3.63, 3.8) is 0 Å². The number of ether oxygens (including phenoxy) is 2. The van der Waals surface area contributed by atoms with E-state index < -0.39 is 23.7 Å². The highest BCUT2D eigenvalue weighted by Gasteiger charge is 2.30. The van der Waals surface area contributed by atoms with Crippen molar-refractivity contribution in [3.05, 3.63) is 34.1 Å². The molecule has 0 fully saturated rings. The molecule has 0 aromatic heterocycles. The van der Waals surface area contributed by atoms with Gasteiger partial charge < -0.3 is 9.47 Å². The molecule has 0 N–H and O–H groups in total. The zero-order valence-corrected chi connectivity index (χ0v) is 12.9. The van der Waals surface area contributed by atoms with Crippen LogP contribution in [0.15, 0.2) is 22.7 Å². The molecule has 0 spiro atoms. The molecule has 20 heavy (non-hydrogen) atoms. The minimum absolute atomic E-state index is 0.0238. The summed E-state index contributed by atoms with van der Waals surface area (Å²) in [6.07, 6.45) is 0.0238. The van der Waals surface area contributed by atoms with Gasteiger partial charge in [-0.1, -0.05) is 12.1 Å². The van der Waals surface area contributed by atoms with Gasteiger partial charge in [0.1, 0.15) is 5.82 Å². The van der Waals surface area contributed by atoms with Crippen molar-refractivity contribution >= 4 is 27.9 Å². The van der Waals surface area contributed by atoms with E-state index in [1.54, 1.807) is 19.9 Å². The Hall–Kier alpha value is -1.43. The second-order valence-electron chi connectivity index (χ2n) is 3.97. The summed E-state index contributed by atoms with van der Waals surface area (Å²) in [5.41, 5.74) is 0.510. The first-order valence-corrected chi connectivity index (χ1v) is 7.06. The minimum atomic E-state index is -1.09. The first-order valence-electron chi connectivity index (χ1n) is 6.27. The van der Waals surface area contributed by atoms with Gasteiger partial charge in [-0.3, -0.25) is 9.59 Å². The molecule has 0 heterocycles. The molecule has 1 aromatic rings. The van der Waals surface area contributed by atoms with Crippen molar-refractivity contribution in [2.75, 3.05) is 13.2 Å². The summed E-state index contributed by atoms with van der Waals surface area (Å²) >= 11 is 3.11. The van der Waals surface area contributed by atoms with Gasteiger partial charge in [-0.2, -0.15) is 0 Å². The van der Waals surface area contributed by atoms with Gasteiger partial charge in [0.05, 0.1) is 17.7 Å². The monoisotopic (exact) mass is 346 g/mol. The summed E-state index contributed by atoms with van der Waals surface area (Å²) in [5.74, 6) is -2.87. The van der Waals surface area contributed by atoms with Crippen molar-refractivity contribution in [1.82, 2.24) is 0 Å². The van der Waals surface area contributed by atoms with Crippen molar-refractivity contribution in [1.29, 1.82) is 0 Å². The van der Waals surface area contributed by atoms with Gasteiger partial charge >= 0.3 is 11.9 Å². The Kier molecular flexibility index (Phi) is 6.64. The van der Waals surface area contributed by atoms with Crippen LogP contribution < -0.4 is 0 Å². The fraction of sp³-hybridized carbons (Fsp3) is 0.429. The number of rotatable bonds is 6. The number of hydrogen-bond acceptors (Lipinski definition) is 4. The minimum Gasteiger partial charge on any atom is -0.465 e. The molecule has 6 heteroatoms. The molecule has 0 aliphatic carbocycles. The van der Waals surface area contributed by atoms with E-state index in [9.17, 15) is 14.0 Å². The molecule has 1 aromatic carbocycles. The van der Waals surface area contributed by atoms with Gasteiger partial charge in [-0.15, -0.1) is 0 Å². The summed E-state index contributed by atoms with van der Waals surface area (Å²) in [6, 6.07) is 4.44. The molecule has 0 aliphatic heterocycles. The Bertz CT molecular complexity index is 472. The van der Waals surface area contributed by atoms with Crippen molar-refractivity contribution < 1.29 is 23.5 Å². The lowest BCUT2D eigenvalue weighted by Gasteiger charge is -2.15. The van der Waals surface area contributed by atoms with Crippen molar-refractivity contribution in [3.8, 4) is 0 Å². The predicted molar refractivity (Wildman–Crippen MR) is 74.6 cm³/mol. The second kappa shape index (κ2) is 7.99. The van der Waals surface area contributed by atoms with Crippen LogP contribution in [-0.4, -0.2) is 25.2 Å². The van der Waals surface area contributed by atoms with Gasteiger partial charge in [-0.25, -0.2) is 4.39 Å². The zero-order chi connectivity index (χ0) is 15.1. The molecule has 0 atom stereocenters. The molecule has 0 aliphatic rings. The smallest absolute Gasteiger partial charge is 0.320 e. The molecule has 0 bridgehead atoms. The zero-order valence-electron chi connectivity index (χ0n) is 11.3. The quantitative estimate of drug-likeness (QED) is 0.587. The van der Waals surface area contributed by atoms with Gasteiger partial charge in [0.15, 0.2) is 5.92 Å². The summed E-state index contributed by atoms with van der Waals surface area (Å²) in [7, 11) is 0. The van der Waals surface area contributed by atoms with E-state index in [0.29, 0.717) is 5.56 Å². The molecular formula is C14H16BrFO4. The van der Waals surface area contributed by atoms with E-state index in [4.69, 9.17) is 9.47 Å². The predicted octanol–water partition coefficient (Wildman–Crippen LogP) is 2.87. The molecule has 0 saturated carbocycles. The fourth-order valence-electron chi connectivity index (χ4n) is 1.67. The highest BCUT2D eigenvalue weighted by atomic mass is 79.9. The summed E-state index contributed by atoms with van der Waals surface area (Å²) < 4.78 is 23.4. The van der Waals surface area contributed by atoms with Crippen LogP contribution in [0.5, 0.6) is 0 Å². The molecule has 110 valence electrons. The highest BCUT2D eigenvalue weighted by Crippen LogP contribution is 2.24. The first-order chi connectivity index (χ1) is 9.51. The standard InChI is InChI=1S/C14H16BrFO4/c1-3-19-13(17)10(14(18)20-4-2)8-9-6-5-7-11(16)12(9)15/h5-7,10H,3-4,8H2,1-2H3. The normalized spacial score (nSPS) is 10.4. The van der Waals surface area contributed by atoms with Crippen molar-refractivity contribution in [2.24, 2.45) is 5.92 Å². The molecule has 4 nitrogen and oxygen atoms in total. The van der Waals surface area contributed by atoms with Crippen LogP contribution >= 0.6 is 15.9 Å². The van der Waals surface area contributed by atoms with Crippen LogP contribution in [0.4, 0.5) is 4.39 Å². The maximum Gasteiger partial charge on any atom is 0.320 e. The van der Waals surface area contributed by atoms with Gasteiger partial charge in [0.2, 0.25) is 0 Å². The Morgan fingerprint density at radius 3 is 2.25 bits per heavy atom. The lowest BCUT2D eigenvalue weighted by atomic mass is 9.99. The van der Waals surface area contributed by atoms with Crippen molar-refractivity contribution in [2.45, 2.75) is 20.3 Å². The molecule has 0 unspecified atom stereocenters. The lowest BCUT2D eigenvalue weighted by molar-refractivity contribution is -0.161. The SMILES string of the molecule is CCOC(=O)C(Cc1cccc(F)c1Br)C(=O)OCC. The van der Waals surface area contributed by atoms with Crippen LogP contribution in [0, 0.1) is 11.7 Å². The Labute approximate surface area is 125 Å². The van der Waals surface area contributed by atoms with Gasteiger partial charge in [-0.05, 0) is 47.8 Å². The summed E-state index contributed by atoms with van der Waals surface area (Å²) in [5, 5.41) is 0. The van der Waals surface area contributed by atoms with Crippen LogP contribution in [0.25, 0.3) is 0 Å². The summed E-state index contributed by atoms with van der Waals surface area (Å²) in [4.78, 5) is 23.7. The third-order valence-electron chi connectivity index (χ3n) is 2.60. The van der Waals surface area contributed by atoms with E-state index >= 15 is 0 Å². The Morgan fingerprint density at radius 1 is 1.20 bits per heavy atom. The van der Waals surface area contributed by atoms with Crippen LogP contribution in [0.3, 0.4) is 0 Å². The number of benzene rings is 1. The fourth-order valence-corrected chi connectivity index (χ4v) is 2.10. The number of carbonyl (C=O) groups is 2. The molecular weight excluding hydrogens is 331 g/mol. The van der Waals surface area contributed by atoms with E-state index in [1.807, 2.05) is 0 Å². The molecule has 1 rings (SSSR count). The average Bonchev–Trinajstić information content (AvgIpc) is 2.40. The topological polar surface area (TPSA) is 52.6 Å². The highest BCUT2D eigenvalue weighted by molar-refractivity contribution is 9.10. The number of halogens is 2. The Balaban J connectivity index is 2.96. The maximum absolute atomic E-state index is 13.4. The van der Waals surface area contributed by atoms with Gasteiger partial charge in [0.25, 0.3) is 0 Å². The average molecular weight is 347 g/mol. The number of carbonyl (C=O) groups excluding carboxylic acids is 2. The van der Waals surface area contributed by atoms with E-state index in [2.05, 4.69) is 15.9 Å². The largest absolute Gasteiger partial charge is 0.465 e. The first kappa shape index (κ1) is 16.6. The van der Waals surface area contributed by atoms with Crippen LogP contribution in [0.1, 0.15) is 19.4 Å².